The number of rotatable bonds is 5. The SMILES string of the molecule is O=C(Nc1cccc(B(O)O)c1)c1ccc(N=Nc2ccc(O)cc2)cc1. The molecule has 3 aromatic carbocycles. The average molecular weight is 361 g/mol. The topological polar surface area (TPSA) is 115 Å². The molecule has 0 spiro atoms. The molecule has 0 radical (unpaired) electrons. The van der Waals surface area contributed by atoms with Crippen molar-refractivity contribution in [1.29, 1.82) is 0 Å². The fraction of sp³-hybridized carbons (Fsp3) is 0. The third kappa shape index (κ3) is 5.00. The highest BCUT2D eigenvalue weighted by atomic mass is 16.4. The molecule has 0 aliphatic rings. The number of aromatic hydroxyl groups is 1. The van der Waals surface area contributed by atoms with Crippen LogP contribution in [0.15, 0.2) is 83.0 Å². The van der Waals surface area contributed by atoms with Crippen molar-refractivity contribution in [1.82, 2.24) is 0 Å². The number of amides is 1. The summed E-state index contributed by atoms with van der Waals surface area (Å²) in [6.07, 6.45) is 0. The maximum atomic E-state index is 12.3. The van der Waals surface area contributed by atoms with Crippen LogP contribution in [0.3, 0.4) is 0 Å². The Morgan fingerprint density at radius 1 is 0.852 bits per heavy atom. The van der Waals surface area contributed by atoms with Crippen LogP contribution in [0.25, 0.3) is 0 Å². The lowest BCUT2D eigenvalue weighted by atomic mass is 9.80. The van der Waals surface area contributed by atoms with Crippen LogP contribution >= 0.6 is 0 Å². The summed E-state index contributed by atoms with van der Waals surface area (Å²) < 4.78 is 0. The normalized spacial score (nSPS) is 10.7. The molecule has 0 unspecified atom stereocenters. The van der Waals surface area contributed by atoms with E-state index in [2.05, 4.69) is 15.5 Å². The van der Waals surface area contributed by atoms with Crippen LogP contribution in [0.4, 0.5) is 17.1 Å². The van der Waals surface area contributed by atoms with Crippen LogP contribution in [-0.4, -0.2) is 28.2 Å². The van der Waals surface area contributed by atoms with Crippen LogP contribution in [-0.2, 0) is 0 Å². The van der Waals surface area contributed by atoms with E-state index in [4.69, 9.17) is 0 Å². The molecule has 0 saturated heterocycles. The van der Waals surface area contributed by atoms with E-state index < -0.39 is 7.12 Å². The van der Waals surface area contributed by atoms with Gasteiger partial charge in [-0.05, 0) is 66.1 Å². The van der Waals surface area contributed by atoms with Crippen molar-refractivity contribution in [3.05, 3.63) is 78.4 Å². The van der Waals surface area contributed by atoms with Gasteiger partial charge in [0.25, 0.3) is 5.91 Å². The monoisotopic (exact) mass is 361 g/mol. The molecule has 0 fully saturated rings. The van der Waals surface area contributed by atoms with Gasteiger partial charge in [0.1, 0.15) is 5.75 Å². The lowest BCUT2D eigenvalue weighted by Crippen LogP contribution is -2.30. The lowest BCUT2D eigenvalue weighted by molar-refractivity contribution is 0.102. The molecule has 4 N–H and O–H groups in total. The van der Waals surface area contributed by atoms with Crippen molar-refractivity contribution in [3.8, 4) is 5.75 Å². The van der Waals surface area contributed by atoms with Gasteiger partial charge in [-0.15, -0.1) is 0 Å². The largest absolute Gasteiger partial charge is 0.508 e. The van der Waals surface area contributed by atoms with Crippen LogP contribution in [0.5, 0.6) is 5.75 Å². The second kappa shape index (κ2) is 8.26. The Kier molecular flexibility index (Phi) is 5.60. The minimum atomic E-state index is -1.60. The van der Waals surface area contributed by atoms with Gasteiger partial charge in [-0.1, -0.05) is 12.1 Å². The molecule has 27 heavy (non-hydrogen) atoms. The van der Waals surface area contributed by atoms with Gasteiger partial charge in [-0.2, -0.15) is 10.2 Å². The zero-order valence-electron chi connectivity index (χ0n) is 14.1. The number of nitrogens with one attached hydrogen (secondary N) is 1. The summed E-state index contributed by atoms with van der Waals surface area (Å²) in [6, 6.07) is 19.2. The zero-order valence-corrected chi connectivity index (χ0v) is 14.1. The summed E-state index contributed by atoms with van der Waals surface area (Å²) in [6.45, 7) is 0. The molecule has 8 heteroatoms. The molecule has 1 amide bonds. The Morgan fingerprint density at radius 2 is 1.44 bits per heavy atom. The fourth-order valence-electron chi connectivity index (χ4n) is 2.29. The van der Waals surface area contributed by atoms with Crippen LogP contribution in [0.1, 0.15) is 10.4 Å². The Morgan fingerprint density at radius 3 is 2.04 bits per heavy atom. The van der Waals surface area contributed by atoms with Crippen molar-refractivity contribution in [2.24, 2.45) is 10.2 Å². The fourth-order valence-corrected chi connectivity index (χ4v) is 2.29. The number of carbonyl (C=O) groups is 1. The van der Waals surface area contributed by atoms with E-state index in [0.29, 0.717) is 22.6 Å². The molecule has 0 atom stereocenters. The summed E-state index contributed by atoms with van der Waals surface area (Å²) in [5.74, 6) is -0.176. The van der Waals surface area contributed by atoms with Crippen LogP contribution < -0.4 is 10.8 Å². The molecule has 3 rings (SSSR count). The number of phenols is 1. The van der Waals surface area contributed by atoms with Gasteiger partial charge in [0.2, 0.25) is 0 Å². The number of carbonyl (C=O) groups excluding carboxylic acids is 1. The Balaban J connectivity index is 1.66. The van der Waals surface area contributed by atoms with Crippen molar-refractivity contribution in [2.75, 3.05) is 5.32 Å². The van der Waals surface area contributed by atoms with E-state index in [1.165, 1.54) is 18.2 Å². The molecule has 7 nitrogen and oxygen atoms in total. The molecule has 0 aromatic heterocycles. The molecule has 0 saturated carbocycles. The number of benzene rings is 3. The van der Waals surface area contributed by atoms with E-state index in [0.717, 1.165) is 0 Å². The highest BCUT2D eigenvalue weighted by Gasteiger charge is 2.12. The van der Waals surface area contributed by atoms with Gasteiger partial charge in [-0.25, -0.2) is 0 Å². The van der Waals surface area contributed by atoms with E-state index >= 15 is 0 Å². The number of hydrogen-bond acceptors (Lipinski definition) is 6. The zero-order chi connectivity index (χ0) is 19.2. The van der Waals surface area contributed by atoms with Gasteiger partial charge >= 0.3 is 7.12 Å². The molecule has 0 heterocycles. The first-order chi connectivity index (χ1) is 13.0. The molecular weight excluding hydrogens is 345 g/mol. The maximum Gasteiger partial charge on any atom is 0.488 e. The molecule has 3 aromatic rings. The van der Waals surface area contributed by atoms with Crippen LogP contribution in [0.2, 0.25) is 0 Å². The van der Waals surface area contributed by atoms with Crippen molar-refractivity contribution < 1.29 is 19.9 Å². The molecular formula is C19H16BN3O4. The second-order valence-corrected chi connectivity index (χ2v) is 5.72. The molecule has 0 aliphatic carbocycles. The number of nitrogens with zero attached hydrogens (tertiary/aromatic N) is 2. The van der Waals surface area contributed by atoms with E-state index in [1.54, 1.807) is 54.6 Å². The number of phenolic OH excluding ortho intramolecular Hbond substituents is 1. The highest BCUT2D eigenvalue weighted by Crippen LogP contribution is 2.21. The van der Waals surface area contributed by atoms with Gasteiger partial charge in [0.05, 0.1) is 11.4 Å². The summed E-state index contributed by atoms with van der Waals surface area (Å²) >= 11 is 0. The minimum Gasteiger partial charge on any atom is -0.508 e. The first-order valence-corrected chi connectivity index (χ1v) is 8.09. The second-order valence-electron chi connectivity index (χ2n) is 5.72. The van der Waals surface area contributed by atoms with Gasteiger partial charge < -0.3 is 20.5 Å². The first kappa shape index (κ1) is 18.3. The molecule has 134 valence electrons. The number of anilines is 1. The third-order valence-corrected chi connectivity index (χ3v) is 3.70. The predicted molar refractivity (Wildman–Crippen MR) is 103 cm³/mol. The van der Waals surface area contributed by atoms with E-state index in [1.807, 2.05) is 0 Å². The number of hydrogen-bond donors (Lipinski definition) is 4. The summed E-state index contributed by atoms with van der Waals surface area (Å²) in [5.41, 5.74) is 2.35. The van der Waals surface area contributed by atoms with Gasteiger partial charge in [-0.3, -0.25) is 4.79 Å². The highest BCUT2D eigenvalue weighted by molar-refractivity contribution is 6.58. The van der Waals surface area contributed by atoms with E-state index in [9.17, 15) is 19.9 Å². The minimum absolute atomic E-state index is 0.156. The van der Waals surface area contributed by atoms with Crippen molar-refractivity contribution in [2.45, 2.75) is 0 Å². The Hall–Kier alpha value is -3.49. The summed E-state index contributed by atoms with van der Waals surface area (Å²) in [5, 5.41) is 38.4. The lowest BCUT2D eigenvalue weighted by Gasteiger charge is -2.07. The quantitative estimate of drug-likeness (QED) is 0.413. The van der Waals surface area contributed by atoms with Gasteiger partial charge in [0, 0.05) is 11.3 Å². The standard InChI is InChI=1S/C19H16BN3O4/c24-18-10-8-16(9-11-18)23-22-15-6-4-13(5-7-15)19(25)21-17-3-1-2-14(12-17)20(26)27/h1-12,24,26-27H,(H,21,25). The summed E-state index contributed by atoms with van der Waals surface area (Å²) in [7, 11) is -1.60. The van der Waals surface area contributed by atoms with Crippen molar-refractivity contribution in [3.63, 3.8) is 0 Å². The average Bonchev–Trinajstić information content (AvgIpc) is 2.68. The number of azo groups is 1. The van der Waals surface area contributed by atoms with Crippen molar-refractivity contribution >= 4 is 35.6 Å². The predicted octanol–water partition coefficient (Wildman–Crippen LogP) is 2.74. The first-order valence-electron chi connectivity index (χ1n) is 8.09. The molecule has 0 bridgehead atoms. The van der Waals surface area contributed by atoms with E-state index in [-0.39, 0.29) is 17.1 Å². The third-order valence-electron chi connectivity index (χ3n) is 3.70. The Bertz CT molecular complexity index is 957. The Labute approximate surface area is 155 Å². The molecule has 0 aliphatic heterocycles. The van der Waals surface area contributed by atoms with Gasteiger partial charge in [0.15, 0.2) is 0 Å². The van der Waals surface area contributed by atoms with Crippen LogP contribution in [0, 0.1) is 0 Å². The summed E-state index contributed by atoms with van der Waals surface area (Å²) in [4.78, 5) is 12.3. The maximum absolute atomic E-state index is 12.3. The smallest absolute Gasteiger partial charge is 0.488 e.